The van der Waals surface area contributed by atoms with Crippen LogP contribution in [0.25, 0.3) is 0 Å². The molecule has 0 spiro atoms. The van der Waals surface area contributed by atoms with E-state index in [1.54, 1.807) is 24.3 Å². The molecule has 0 aliphatic heterocycles. The summed E-state index contributed by atoms with van der Waals surface area (Å²) in [6, 6.07) is 39.1. The van der Waals surface area contributed by atoms with Crippen LogP contribution in [-0.2, 0) is 9.53 Å². The Morgan fingerprint density at radius 2 is 1.00 bits per heavy atom. The molecule has 0 aliphatic carbocycles. The molecule has 4 rings (SSSR count). The number of nitrogens with one attached hydrogen (secondary N) is 1. The third kappa shape index (κ3) is 8.30. The maximum absolute atomic E-state index is 13.0. The summed E-state index contributed by atoms with van der Waals surface area (Å²) < 4.78 is 39.1. The quantitative estimate of drug-likeness (QED) is 0.183. The minimum absolute atomic E-state index is 0.112. The molecule has 0 radical (unpaired) electrons. The Morgan fingerprint density at radius 1 is 0.667 bits per heavy atom. The van der Waals surface area contributed by atoms with Crippen LogP contribution >= 0.6 is 7.26 Å². The van der Waals surface area contributed by atoms with Gasteiger partial charge in [0.15, 0.2) is 5.70 Å². The second-order valence-corrected chi connectivity index (χ2v) is 12.0. The number of hydrogen-bond donors (Lipinski definition) is 1. The number of rotatable bonds is 7. The van der Waals surface area contributed by atoms with Crippen LogP contribution in [-0.4, -0.2) is 19.0 Å². The Labute approximate surface area is 228 Å². The van der Waals surface area contributed by atoms with E-state index in [0.717, 1.165) is 15.9 Å². The summed E-state index contributed by atoms with van der Waals surface area (Å²) in [5, 5.41) is 6.00. The predicted octanol–water partition coefficient (Wildman–Crippen LogP) is -0.331. The molecular weight excluding hydrogens is 541 g/mol. The van der Waals surface area contributed by atoms with Crippen LogP contribution < -0.4 is 39.9 Å². The highest BCUT2D eigenvalue weighted by Gasteiger charge is 2.45. The first kappa shape index (κ1) is 29.7. The minimum atomic E-state index is -4.94. The van der Waals surface area contributed by atoms with E-state index < -0.39 is 23.5 Å². The van der Waals surface area contributed by atoms with Crippen LogP contribution in [0.4, 0.5) is 0 Å². The van der Waals surface area contributed by atoms with Gasteiger partial charge in [-0.05, 0) is 48.5 Å². The lowest BCUT2D eigenvalue weighted by Gasteiger charge is -2.25. The van der Waals surface area contributed by atoms with Gasteiger partial charge in [-0.2, -0.15) is 0 Å². The van der Waals surface area contributed by atoms with Crippen molar-refractivity contribution >= 4 is 35.1 Å². The van der Waals surface area contributed by atoms with Gasteiger partial charge in [-0.15, -0.1) is 10.2 Å². The van der Waals surface area contributed by atoms with E-state index >= 15 is 0 Å². The molecule has 4 aromatic rings. The molecule has 8 nitrogen and oxygen atoms in total. The number of ether oxygens (including phenoxy) is 1. The summed E-state index contributed by atoms with van der Waals surface area (Å²) in [5.74, 6) is 0.931. The molecule has 0 saturated carbocycles. The maximum atomic E-state index is 13.0. The molecule has 4 aromatic carbocycles. The number of halogens is 1. The lowest BCUT2D eigenvalue weighted by Crippen LogP contribution is -2.68. The van der Waals surface area contributed by atoms with E-state index in [1.807, 2.05) is 66.5 Å². The number of benzene rings is 4. The predicted molar refractivity (Wildman–Crippen MR) is 139 cm³/mol. The largest absolute Gasteiger partial charge is 0.464 e. The molecule has 0 heterocycles. The lowest BCUT2D eigenvalue weighted by atomic mass is 10.2. The SMILES string of the molecule is COC(=O)/C(=C/[P+](c1ccccc1)(c1ccccc1)c1ccccc1)NC(=O)c1ccccc1.[O-][Cl+3]([O-])([O-])[O-]. The van der Waals surface area contributed by atoms with Gasteiger partial charge in [0.05, 0.1) is 7.11 Å². The van der Waals surface area contributed by atoms with Crippen molar-refractivity contribution < 1.29 is 43.2 Å². The van der Waals surface area contributed by atoms with Crippen molar-refractivity contribution in [2.75, 3.05) is 7.11 Å². The van der Waals surface area contributed by atoms with Crippen LogP contribution in [0.2, 0.25) is 0 Å². The highest BCUT2D eigenvalue weighted by Crippen LogP contribution is 2.57. The van der Waals surface area contributed by atoms with E-state index in [1.165, 1.54) is 7.11 Å². The van der Waals surface area contributed by atoms with E-state index in [4.69, 9.17) is 23.4 Å². The van der Waals surface area contributed by atoms with Crippen LogP contribution in [0, 0.1) is 10.2 Å². The molecule has 1 amide bonds. The van der Waals surface area contributed by atoms with E-state index in [0.29, 0.717) is 5.56 Å². The van der Waals surface area contributed by atoms with Crippen LogP contribution in [0.3, 0.4) is 0 Å². The Balaban J connectivity index is 0.000000771. The van der Waals surface area contributed by atoms with Gasteiger partial charge in [-0.3, -0.25) is 4.79 Å². The van der Waals surface area contributed by atoms with Gasteiger partial charge >= 0.3 is 5.97 Å². The molecule has 200 valence electrons. The third-order valence-corrected chi connectivity index (χ3v) is 9.49. The normalized spacial score (nSPS) is 11.6. The summed E-state index contributed by atoms with van der Waals surface area (Å²) >= 11 is 0. The average molecular weight is 566 g/mol. The van der Waals surface area contributed by atoms with Gasteiger partial charge in [0.1, 0.15) is 29.0 Å². The Bertz CT molecular complexity index is 1280. The molecule has 0 bridgehead atoms. The number of carbonyl (C=O) groups excluding carboxylic acids is 2. The number of esters is 1. The first-order chi connectivity index (χ1) is 18.6. The number of amides is 1. The molecule has 0 unspecified atom stereocenters. The van der Waals surface area contributed by atoms with Gasteiger partial charge in [-0.1, -0.05) is 72.8 Å². The molecule has 0 aromatic heterocycles. The fraction of sp³-hybridized carbons (Fsp3) is 0.0345. The zero-order valence-electron chi connectivity index (χ0n) is 20.8. The topological polar surface area (TPSA) is 148 Å². The summed E-state index contributed by atoms with van der Waals surface area (Å²) in [6.45, 7) is 0. The molecule has 0 atom stereocenters. The average Bonchev–Trinajstić information content (AvgIpc) is 2.96. The Hall–Kier alpha value is -3.88. The van der Waals surface area contributed by atoms with Gasteiger partial charge in [0.2, 0.25) is 0 Å². The highest BCUT2D eigenvalue weighted by molar-refractivity contribution is 7.98. The van der Waals surface area contributed by atoms with Crippen molar-refractivity contribution in [1.82, 2.24) is 5.32 Å². The smallest absolute Gasteiger partial charge is 0.358 e. The van der Waals surface area contributed by atoms with Gasteiger partial charge in [0, 0.05) is 5.56 Å². The molecular formula is C29H25ClNO7P. The van der Waals surface area contributed by atoms with E-state index in [2.05, 4.69) is 41.7 Å². The second kappa shape index (κ2) is 13.8. The maximum Gasteiger partial charge on any atom is 0.358 e. The first-order valence-corrected chi connectivity index (χ1v) is 14.6. The third-order valence-electron chi connectivity index (χ3n) is 5.50. The number of carbonyl (C=O) groups is 2. The summed E-state index contributed by atoms with van der Waals surface area (Å²) in [5.41, 5.74) is 0.571. The monoisotopic (exact) mass is 565 g/mol. The fourth-order valence-corrected chi connectivity index (χ4v) is 7.71. The lowest BCUT2D eigenvalue weighted by molar-refractivity contribution is -2.00. The molecule has 0 fully saturated rings. The molecule has 0 saturated heterocycles. The van der Waals surface area contributed by atoms with Crippen molar-refractivity contribution in [1.29, 1.82) is 0 Å². The van der Waals surface area contributed by atoms with Gasteiger partial charge in [-0.25, -0.2) is 23.4 Å². The van der Waals surface area contributed by atoms with Gasteiger partial charge < -0.3 is 10.1 Å². The van der Waals surface area contributed by atoms with E-state index in [-0.39, 0.29) is 11.6 Å². The van der Waals surface area contributed by atoms with Crippen molar-refractivity contribution in [2.24, 2.45) is 0 Å². The Morgan fingerprint density at radius 3 is 1.33 bits per heavy atom. The van der Waals surface area contributed by atoms with Gasteiger partial charge in [0.25, 0.3) is 5.91 Å². The van der Waals surface area contributed by atoms with E-state index in [9.17, 15) is 9.59 Å². The first-order valence-electron chi connectivity index (χ1n) is 11.5. The molecule has 0 aliphatic rings. The number of hydrogen-bond acceptors (Lipinski definition) is 7. The molecule has 10 heteroatoms. The second-order valence-electron chi connectivity index (χ2n) is 7.96. The Kier molecular flexibility index (Phi) is 10.5. The summed E-state index contributed by atoms with van der Waals surface area (Å²) in [6.07, 6.45) is 0. The fourth-order valence-electron chi connectivity index (χ4n) is 3.88. The van der Waals surface area contributed by atoms with Crippen molar-refractivity contribution in [3.05, 3.63) is 138 Å². The number of methoxy groups -OCH3 is 1. The minimum Gasteiger partial charge on any atom is -0.464 e. The standard InChI is InChI=1S/C29H24NO3P.ClHO4/c1-33-29(32)27(30-28(31)23-14-6-2-7-15-23)22-34(24-16-8-3-9-17-24,25-18-10-4-11-19-25)26-20-12-5-13-21-26;2-1(3,4)5/h2-22H,1H3;(H,2,3,4,5)/b27-22-;. The van der Waals surface area contributed by atoms with Crippen LogP contribution in [0.1, 0.15) is 10.4 Å². The molecule has 39 heavy (non-hydrogen) atoms. The zero-order valence-corrected chi connectivity index (χ0v) is 22.5. The van der Waals surface area contributed by atoms with Crippen molar-refractivity contribution in [3.8, 4) is 0 Å². The molecule has 1 N–H and O–H groups in total. The van der Waals surface area contributed by atoms with Crippen molar-refractivity contribution in [3.63, 3.8) is 0 Å². The summed E-state index contributed by atoms with van der Waals surface area (Å²) in [4.78, 5) is 26.0. The summed E-state index contributed by atoms with van der Waals surface area (Å²) in [7, 11) is -6.13. The van der Waals surface area contributed by atoms with Crippen LogP contribution in [0.5, 0.6) is 0 Å². The highest BCUT2D eigenvalue weighted by atomic mass is 35.7. The van der Waals surface area contributed by atoms with Crippen LogP contribution in [0.15, 0.2) is 133 Å². The zero-order chi connectivity index (χ0) is 28.3. The van der Waals surface area contributed by atoms with Crippen molar-refractivity contribution in [2.45, 2.75) is 0 Å².